The van der Waals surface area contributed by atoms with Gasteiger partial charge in [-0.2, -0.15) is 0 Å². The maximum Gasteiger partial charge on any atom is 0.240 e. The summed E-state index contributed by atoms with van der Waals surface area (Å²) < 4.78 is 22.8. The predicted molar refractivity (Wildman–Crippen MR) is 83.6 cm³/mol. The first-order chi connectivity index (χ1) is 9.64. The minimum Gasteiger partial charge on any atom is -0.348 e. The smallest absolute Gasteiger partial charge is 0.240 e. The summed E-state index contributed by atoms with van der Waals surface area (Å²) in [5, 5.41) is 2.88. The van der Waals surface area contributed by atoms with Crippen LogP contribution in [0.5, 0.6) is 0 Å². The average molecular weight is 312 g/mol. The van der Waals surface area contributed by atoms with Gasteiger partial charge in [0.2, 0.25) is 5.91 Å². The van der Waals surface area contributed by atoms with E-state index in [1.165, 1.54) is 6.26 Å². The molecule has 0 spiro atoms. The molecule has 21 heavy (non-hydrogen) atoms. The Bertz CT molecular complexity index is 590. The first-order valence-electron chi connectivity index (χ1n) is 7.04. The summed E-state index contributed by atoms with van der Waals surface area (Å²) >= 11 is 0. The Labute approximate surface area is 126 Å². The minimum atomic E-state index is -3.21. The number of rotatable bonds is 6. The lowest BCUT2D eigenvalue weighted by Crippen LogP contribution is -2.53. The molecule has 0 aliphatic heterocycles. The molecule has 0 aliphatic rings. The van der Waals surface area contributed by atoms with Crippen LogP contribution in [0, 0.1) is 0 Å². The lowest BCUT2D eigenvalue weighted by molar-refractivity contribution is -0.127. The van der Waals surface area contributed by atoms with E-state index in [1.807, 2.05) is 20.8 Å². The molecule has 118 valence electrons. The maximum atomic E-state index is 12.2. The highest BCUT2D eigenvalue weighted by atomic mass is 32.2. The number of benzene rings is 1. The number of hydrogen-bond donors (Lipinski definition) is 2. The lowest BCUT2D eigenvalue weighted by Gasteiger charge is -2.27. The zero-order valence-electron chi connectivity index (χ0n) is 13.0. The number of amides is 1. The zero-order chi connectivity index (χ0) is 16.3. The highest BCUT2D eigenvalue weighted by Gasteiger charge is 2.30. The normalized spacial score (nSPS) is 13.8. The zero-order valence-corrected chi connectivity index (χ0v) is 13.8. The van der Waals surface area contributed by atoms with E-state index in [0.29, 0.717) is 12.8 Å². The van der Waals surface area contributed by atoms with Crippen molar-refractivity contribution in [1.82, 2.24) is 5.32 Å². The van der Waals surface area contributed by atoms with Gasteiger partial charge in [-0.05, 0) is 37.5 Å². The first kappa shape index (κ1) is 17.7. The summed E-state index contributed by atoms with van der Waals surface area (Å²) in [6.07, 6.45) is 2.29. The molecule has 0 saturated carbocycles. The fourth-order valence-electron chi connectivity index (χ4n) is 2.00. The largest absolute Gasteiger partial charge is 0.348 e. The van der Waals surface area contributed by atoms with Crippen LogP contribution in [0.2, 0.25) is 0 Å². The van der Waals surface area contributed by atoms with E-state index in [2.05, 4.69) is 5.32 Å². The maximum absolute atomic E-state index is 12.2. The van der Waals surface area contributed by atoms with Gasteiger partial charge in [-0.3, -0.25) is 4.79 Å². The third-order valence-corrected chi connectivity index (χ3v) is 5.00. The van der Waals surface area contributed by atoms with E-state index < -0.39 is 15.4 Å². The number of nitrogens with two attached hydrogens (primary N) is 1. The molecule has 0 heterocycles. The van der Waals surface area contributed by atoms with E-state index in [-0.39, 0.29) is 16.8 Å². The number of carbonyl (C=O) groups is 1. The molecule has 6 heteroatoms. The van der Waals surface area contributed by atoms with Gasteiger partial charge in [-0.25, -0.2) is 8.42 Å². The fourth-order valence-corrected chi connectivity index (χ4v) is 2.63. The van der Waals surface area contributed by atoms with Crippen LogP contribution in [-0.2, 0) is 14.6 Å². The predicted octanol–water partition coefficient (Wildman–Crippen LogP) is 1.78. The highest BCUT2D eigenvalue weighted by molar-refractivity contribution is 7.90. The van der Waals surface area contributed by atoms with Crippen LogP contribution in [0.4, 0.5) is 0 Å². The Morgan fingerprint density at radius 2 is 1.71 bits per heavy atom. The molecule has 5 nitrogen and oxygen atoms in total. The van der Waals surface area contributed by atoms with Crippen LogP contribution in [0.1, 0.15) is 45.2 Å². The van der Waals surface area contributed by atoms with Crippen LogP contribution < -0.4 is 11.1 Å². The molecule has 3 N–H and O–H groups in total. The van der Waals surface area contributed by atoms with E-state index in [9.17, 15) is 13.2 Å². The molecule has 1 atom stereocenters. The summed E-state index contributed by atoms with van der Waals surface area (Å²) in [5.41, 5.74) is 6.03. The molecular weight excluding hydrogens is 288 g/mol. The van der Waals surface area contributed by atoms with E-state index in [0.717, 1.165) is 5.56 Å². The van der Waals surface area contributed by atoms with Crippen molar-refractivity contribution in [2.45, 2.75) is 50.1 Å². The molecular formula is C15H24N2O3S. The van der Waals surface area contributed by atoms with Crippen molar-refractivity contribution in [3.8, 4) is 0 Å². The summed E-state index contributed by atoms with van der Waals surface area (Å²) in [4.78, 5) is 12.5. The van der Waals surface area contributed by atoms with Crippen LogP contribution in [0.25, 0.3) is 0 Å². The van der Waals surface area contributed by atoms with Crippen LogP contribution >= 0.6 is 0 Å². The highest BCUT2D eigenvalue weighted by Crippen LogP contribution is 2.18. The molecule has 0 aliphatic carbocycles. The van der Waals surface area contributed by atoms with Gasteiger partial charge in [0, 0.05) is 6.26 Å². The second-order valence-corrected chi connectivity index (χ2v) is 7.42. The van der Waals surface area contributed by atoms with Crippen molar-refractivity contribution in [1.29, 1.82) is 0 Å². The second-order valence-electron chi connectivity index (χ2n) is 5.40. The Morgan fingerprint density at radius 3 is 2.10 bits per heavy atom. The minimum absolute atomic E-state index is 0.188. The number of hydrogen-bond acceptors (Lipinski definition) is 4. The molecule has 1 unspecified atom stereocenters. The third kappa shape index (κ3) is 4.28. The summed E-state index contributed by atoms with van der Waals surface area (Å²) in [6.45, 7) is 5.61. The van der Waals surface area contributed by atoms with Crippen LogP contribution in [-0.4, -0.2) is 26.1 Å². The Morgan fingerprint density at radius 1 is 1.24 bits per heavy atom. The lowest BCUT2D eigenvalue weighted by atomic mass is 9.92. The molecule has 0 bridgehead atoms. The van der Waals surface area contributed by atoms with Gasteiger partial charge < -0.3 is 11.1 Å². The van der Waals surface area contributed by atoms with Crippen LogP contribution in [0.15, 0.2) is 29.2 Å². The SMILES string of the molecule is CCC(N)(CC)C(=O)NC(C)c1ccc(S(C)(=O)=O)cc1. The molecule has 0 fully saturated rings. The fraction of sp³-hybridized carbons (Fsp3) is 0.533. The van der Waals surface area contributed by atoms with Crippen LogP contribution in [0.3, 0.4) is 0 Å². The third-order valence-electron chi connectivity index (χ3n) is 3.87. The molecule has 0 aromatic heterocycles. The molecule has 0 radical (unpaired) electrons. The van der Waals surface area contributed by atoms with Gasteiger partial charge in [0.15, 0.2) is 9.84 Å². The first-order valence-corrected chi connectivity index (χ1v) is 8.93. The van der Waals surface area contributed by atoms with Crippen molar-refractivity contribution in [2.24, 2.45) is 5.73 Å². The summed E-state index contributed by atoms with van der Waals surface area (Å²) in [6, 6.07) is 6.27. The van der Waals surface area contributed by atoms with Gasteiger partial charge >= 0.3 is 0 Å². The number of nitrogens with one attached hydrogen (secondary N) is 1. The summed E-state index contributed by atoms with van der Waals surface area (Å²) in [5.74, 6) is -0.188. The second kappa shape index (κ2) is 6.58. The van der Waals surface area contributed by atoms with Gasteiger partial charge in [0.1, 0.15) is 0 Å². The quantitative estimate of drug-likeness (QED) is 0.838. The van der Waals surface area contributed by atoms with Crippen molar-refractivity contribution < 1.29 is 13.2 Å². The van der Waals surface area contributed by atoms with Gasteiger partial charge in [-0.15, -0.1) is 0 Å². The Hall–Kier alpha value is -1.40. The van der Waals surface area contributed by atoms with Gasteiger partial charge in [0.05, 0.1) is 16.5 Å². The van der Waals surface area contributed by atoms with Gasteiger partial charge in [-0.1, -0.05) is 26.0 Å². The van der Waals surface area contributed by atoms with E-state index >= 15 is 0 Å². The molecule has 1 aromatic rings. The van der Waals surface area contributed by atoms with E-state index in [4.69, 9.17) is 5.73 Å². The molecule has 0 saturated heterocycles. The molecule has 1 aromatic carbocycles. The van der Waals surface area contributed by atoms with Crippen molar-refractivity contribution in [3.05, 3.63) is 29.8 Å². The Kier molecular flexibility index (Phi) is 5.53. The summed E-state index contributed by atoms with van der Waals surface area (Å²) in [7, 11) is -3.21. The van der Waals surface area contributed by atoms with Gasteiger partial charge in [0.25, 0.3) is 0 Å². The van der Waals surface area contributed by atoms with Crippen molar-refractivity contribution in [2.75, 3.05) is 6.26 Å². The number of carbonyl (C=O) groups excluding carboxylic acids is 1. The monoisotopic (exact) mass is 312 g/mol. The number of sulfone groups is 1. The molecule has 1 rings (SSSR count). The average Bonchev–Trinajstić information content (AvgIpc) is 2.45. The van der Waals surface area contributed by atoms with E-state index in [1.54, 1.807) is 24.3 Å². The standard InChI is InChI=1S/C15H24N2O3S/c1-5-15(16,6-2)14(18)17-11(3)12-7-9-13(10-8-12)21(4,19)20/h7-11H,5-6,16H2,1-4H3,(H,17,18). The topological polar surface area (TPSA) is 89.3 Å². The Balaban J connectivity index is 2.86. The molecule has 1 amide bonds. The van der Waals surface area contributed by atoms with Crippen molar-refractivity contribution >= 4 is 15.7 Å². The van der Waals surface area contributed by atoms with Crippen molar-refractivity contribution in [3.63, 3.8) is 0 Å².